The van der Waals surface area contributed by atoms with Crippen molar-refractivity contribution in [3.63, 3.8) is 0 Å². The molecule has 1 aromatic rings. The number of nitrogens with two attached hydrogens (primary N) is 1. The maximum absolute atomic E-state index is 6.28. The van der Waals surface area contributed by atoms with Crippen LogP contribution in [0.3, 0.4) is 0 Å². The van der Waals surface area contributed by atoms with Crippen molar-refractivity contribution in [2.45, 2.75) is 51.7 Å². The molecule has 0 radical (unpaired) electrons. The Morgan fingerprint density at radius 2 is 2.06 bits per heavy atom. The minimum absolute atomic E-state index is 0.135. The smallest absolute Gasteiger partial charge is 0.0779 e. The van der Waals surface area contributed by atoms with Gasteiger partial charge in [0.05, 0.1) is 6.17 Å². The average Bonchev–Trinajstić information content (AvgIpc) is 2.28. The summed E-state index contributed by atoms with van der Waals surface area (Å²) < 4.78 is 0. The predicted octanol–water partition coefficient (Wildman–Crippen LogP) is 2.91. The lowest BCUT2D eigenvalue weighted by Crippen LogP contribution is -2.56. The first-order chi connectivity index (χ1) is 7.56. The van der Waals surface area contributed by atoms with E-state index >= 15 is 0 Å². The van der Waals surface area contributed by atoms with E-state index in [4.69, 9.17) is 5.73 Å². The van der Waals surface area contributed by atoms with Crippen molar-refractivity contribution in [3.05, 3.63) is 29.8 Å². The lowest BCUT2D eigenvalue weighted by molar-refractivity contribution is 0.376. The van der Waals surface area contributed by atoms with Gasteiger partial charge in [-0.25, -0.2) is 0 Å². The summed E-state index contributed by atoms with van der Waals surface area (Å²) in [5.74, 6) is 0. The van der Waals surface area contributed by atoms with Crippen molar-refractivity contribution >= 4 is 5.69 Å². The lowest BCUT2D eigenvalue weighted by atomic mass is 9.91. The molecule has 1 aliphatic rings. The molecule has 1 unspecified atom stereocenters. The predicted molar refractivity (Wildman–Crippen MR) is 69.6 cm³/mol. The fourth-order valence-electron chi connectivity index (χ4n) is 2.51. The quantitative estimate of drug-likeness (QED) is 0.827. The van der Waals surface area contributed by atoms with Crippen LogP contribution in [0.4, 0.5) is 5.69 Å². The van der Waals surface area contributed by atoms with Crippen molar-refractivity contribution in [1.82, 2.24) is 0 Å². The van der Waals surface area contributed by atoms with Crippen LogP contribution in [0.5, 0.6) is 0 Å². The summed E-state index contributed by atoms with van der Waals surface area (Å²) in [5, 5.41) is 0. The Hall–Kier alpha value is -1.02. The molecule has 0 spiro atoms. The number of para-hydroxylation sites is 1. The van der Waals surface area contributed by atoms with Crippen LogP contribution in [0.2, 0.25) is 0 Å². The Kier molecular flexibility index (Phi) is 2.94. The van der Waals surface area contributed by atoms with Crippen molar-refractivity contribution in [2.24, 2.45) is 5.73 Å². The molecule has 0 bridgehead atoms. The summed E-state index contributed by atoms with van der Waals surface area (Å²) in [4.78, 5) is 2.39. The first-order valence-corrected chi connectivity index (χ1v) is 6.19. The molecule has 1 aromatic carbocycles. The number of hydrogen-bond donors (Lipinski definition) is 1. The zero-order valence-electron chi connectivity index (χ0n) is 10.5. The van der Waals surface area contributed by atoms with Gasteiger partial charge >= 0.3 is 0 Å². The van der Waals surface area contributed by atoms with E-state index in [-0.39, 0.29) is 11.7 Å². The Balaban J connectivity index is 2.44. The molecular formula is C14H22N2. The van der Waals surface area contributed by atoms with E-state index in [0.717, 1.165) is 19.3 Å². The number of anilines is 1. The molecule has 0 aromatic heterocycles. The summed E-state index contributed by atoms with van der Waals surface area (Å²) in [6.45, 7) is 6.77. The van der Waals surface area contributed by atoms with E-state index in [1.165, 1.54) is 11.3 Å². The minimum atomic E-state index is 0.135. The van der Waals surface area contributed by atoms with Gasteiger partial charge in [-0.15, -0.1) is 0 Å². The molecule has 0 saturated heterocycles. The molecule has 88 valence electrons. The Morgan fingerprint density at radius 1 is 1.38 bits per heavy atom. The van der Waals surface area contributed by atoms with Crippen LogP contribution in [0.1, 0.15) is 39.2 Å². The standard InChI is InChI=1S/C14H22N2/c1-4-14(2,3)16-12-8-6-5-7-11(12)9-10-13(16)15/h5-8,13H,4,9-10,15H2,1-3H3. The molecule has 2 nitrogen and oxygen atoms in total. The minimum Gasteiger partial charge on any atom is -0.351 e. The van der Waals surface area contributed by atoms with Gasteiger partial charge in [0.1, 0.15) is 0 Å². The average molecular weight is 218 g/mol. The van der Waals surface area contributed by atoms with Gasteiger partial charge in [0, 0.05) is 11.2 Å². The second-order valence-electron chi connectivity index (χ2n) is 5.27. The normalized spacial score (nSPS) is 20.8. The third kappa shape index (κ3) is 1.82. The third-order valence-corrected chi connectivity index (χ3v) is 3.81. The Labute approximate surface area is 98.4 Å². The number of benzene rings is 1. The number of aryl methyl sites for hydroxylation is 1. The van der Waals surface area contributed by atoms with Crippen LogP contribution < -0.4 is 10.6 Å². The van der Waals surface area contributed by atoms with E-state index < -0.39 is 0 Å². The van der Waals surface area contributed by atoms with Gasteiger partial charge in [-0.1, -0.05) is 25.1 Å². The monoisotopic (exact) mass is 218 g/mol. The molecule has 16 heavy (non-hydrogen) atoms. The number of nitrogens with zero attached hydrogens (tertiary/aromatic N) is 1. The largest absolute Gasteiger partial charge is 0.351 e. The highest BCUT2D eigenvalue weighted by Crippen LogP contribution is 2.35. The molecule has 0 aliphatic carbocycles. The van der Waals surface area contributed by atoms with Gasteiger partial charge < -0.3 is 10.6 Å². The number of fused-ring (bicyclic) bond motifs is 1. The fourth-order valence-corrected chi connectivity index (χ4v) is 2.51. The first kappa shape index (κ1) is 11.5. The van der Waals surface area contributed by atoms with Crippen LogP contribution >= 0.6 is 0 Å². The molecule has 0 amide bonds. The SMILES string of the molecule is CCC(C)(C)N1c2ccccc2CCC1N. The second-order valence-corrected chi connectivity index (χ2v) is 5.27. The summed E-state index contributed by atoms with van der Waals surface area (Å²) in [7, 11) is 0. The molecule has 2 N–H and O–H groups in total. The summed E-state index contributed by atoms with van der Waals surface area (Å²) >= 11 is 0. The van der Waals surface area contributed by atoms with Gasteiger partial charge in [0.15, 0.2) is 0 Å². The second kappa shape index (κ2) is 4.10. The van der Waals surface area contributed by atoms with Crippen molar-refractivity contribution in [3.8, 4) is 0 Å². The zero-order valence-corrected chi connectivity index (χ0v) is 10.5. The molecule has 1 aliphatic heterocycles. The van der Waals surface area contributed by atoms with Crippen LogP contribution in [-0.2, 0) is 6.42 Å². The van der Waals surface area contributed by atoms with Crippen LogP contribution in [0.25, 0.3) is 0 Å². The van der Waals surface area contributed by atoms with Gasteiger partial charge in [-0.2, -0.15) is 0 Å². The topological polar surface area (TPSA) is 29.3 Å². The van der Waals surface area contributed by atoms with Gasteiger partial charge in [0.25, 0.3) is 0 Å². The number of rotatable bonds is 2. The molecule has 1 heterocycles. The Bertz CT molecular complexity index is 371. The summed E-state index contributed by atoms with van der Waals surface area (Å²) in [6.07, 6.45) is 3.42. The van der Waals surface area contributed by atoms with E-state index in [1.807, 2.05) is 0 Å². The number of hydrogen-bond acceptors (Lipinski definition) is 2. The molecule has 0 fully saturated rings. The fraction of sp³-hybridized carbons (Fsp3) is 0.571. The highest BCUT2D eigenvalue weighted by atomic mass is 15.3. The Morgan fingerprint density at radius 3 is 2.75 bits per heavy atom. The van der Waals surface area contributed by atoms with Gasteiger partial charge in [-0.05, 0) is 44.7 Å². The van der Waals surface area contributed by atoms with E-state index in [1.54, 1.807) is 0 Å². The van der Waals surface area contributed by atoms with Gasteiger partial charge in [-0.3, -0.25) is 0 Å². The maximum Gasteiger partial charge on any atom is 0.0779 e. The van der Waals surface area contributed by atoms with Crippen LogP contribution in [0, 0.1) is 0 Å². The zero-order chi connectivity index (χ0) is 11.8. The van der Waals surface area contributed by atoms with E-state index in [0.29, 0.717) is 0 Å². The molecule has 0 saturated carbocycles. The van der Waals surface area contributed by atoms with Crippen molar-refractivity contribution in [2.75, 3.05) is 4.90 Å². The molecule has 2 rings (SSSR count). The van der Waals surface area contributed by atoms with Crippen molar-refractivity contribution < 1.29 is 0 Å². The highest BCUT2D eigenvalue weighted by molar-refractivity contribution is 5.58. The van der Waals surface area contributed by atoms with Crippen LogP contribution in [0.15, 0.2) is 24.3 Å². The van der Waals surface area contributed by atoms with Crippen molar-refractivity contribution in [1.29, 1.82) is 0 Å². The molecule has 1 atom stereocenters. The summed E-state index contributed by atoms with van der Waals surface area (Å²) in [6, 6.07) is 8.65. The molecule has 2 heteroatoms. The van der Waals surface area contributed by atoms with Gasteiger partial charge in [0.2, 0.25) is 0 Å². The third-order valence-electron chi connectivity index (χ3n) is 3.81. The van der Waals surface area contributed by atoms with E-state index in [2.05, 4.69) is 49.9 Å². The van der Waals surface area contributed by atoms with E-state index in [9.17, 15) is 0 Å². The highest BCUT2D eigenvalue weighted by Gasteiger charge is 2.33. The maximum atomic E-state index is 6.28. The summed E-state index contributed by atoms with van der Waals surface area (Å²) in [5.41, 5.74) is 9.18. The first-order valence-electron chi connectivity index (χ1n) is 6.19. The lowest BCUT2D eigenvalue weighted by Gasteiger charge is -2.47. The van der Waals surface area contributed by atoms with Crippen LogP contribution in [-0.4, -0.2) is 11.7 Å². The molecular weight excluding hydrogens is 196 g/mol.